The van der Waals surface area contributed by atoms with Gasteiger partial charge in [0.15, 0.2) is 5.92 Å². The second-order valence-corrected chi connectivity index (χ2v) is 3.92. The number of hydrogen-bond donors (Lipinski definition) is 0. The molecule has 0 spiro atoms. The van der Waals surface area contributed by atoms with Crippen LogP contribution in [0.4, 0.5) is 5.69 Å². The molecule has 0 aromatic heterocycles. The number of esters is 2. The van der Waals surface area contributed by atoms with E-state index in [1.807, 2.05) is 0 Å². The number of nitriles is 1. The van der Waals surface area contributed by atoms with E-state index in [0.717, 1.165) is 6.21 Å². The molecule has 0 saturated carbocycles. The van der Waals surface area contributed by atoms with E-state index in [0.29, 0.717) is 0 Å². The highest BCUT2D eigenvalue weighted by Gasteiger charge is 2.17. The van der Waals surface area contributed by atoms with Crippen LogP contribution in [0.1, 0.15) is 10.4 Å². The van der Waals surface area contributed by atoms with Gasteiger partial charge in [-0.15, -0.1) is 0 Å². The minimum Gasteiger partial charge on any atom is -0.468 e. The van der Waals surface area contributed by atoms with Crippen LogP contribution in [-0.2, 0) is 14.3 Å². The Morgan fingerprint density at radius 2 is 2.10 bits per heavy atom. The van der Waals surface area contributed by atoms with Gasteiger partial charge in [0.1, 0.15) is 0 Å². The molecule has 20 heavy (non-hydrogen) atoms. The minimum absolute atomic E-state index is 0.0807. The van der Waals surface area contributed by atoms with E-state index in [4.69, 9.17) is 16.9 Å². The lowest BCUT2D eigenvalue weighted by Crippen LogP contribution is -2.15. The third-order valence-electron chi connectivity index (χ3n) is 2.34. The van der Waals surface area contributed by atoms with E-state index < -0.39 is 17.9 Å². The van der Waals surface area contributed by atoms with Crippen molar-refractivity contribution in [3.63, 3.8) is 0 Å². The quantitative estimate of drug-likeness (QED) is 0.627. The molecular formula is C13H11ClN2O4. The van der Waals surface area contributed by atoms with E-state index in [9.17, 15) is 9.59 Å². The van der Waals surface area contributed by atoms with Gasteiger partial charge in [0, 0.05) is 6.21 Å². The monoisotopic (exact) mass is 294 g/mol. The summed E-state index contributed by atoms with van der Waals surface area (Å²) in [5.41, 5.74) is 0.397. The summed E-state index contributed by atoms with van der Waals surface area (Å²) in [6.45, 7) is 0. The summed E-state index contributed by atoms with van der Waals surface area (Å²) in [5, 5.41) is 8.89. The number of halogens is 1. The molecule has 0 saturated heterocycles. The number of carbonyl (C=O) groups excluding carboxylic acids is 2. The Labute approximate surface area is 120 Å². The van der Waals surface area contributed by atoms with Crippen LogP contribution in [0.25, 0.3) is 0 Å². The maximum absolute atomic E-state index is 11.5. The van der Waals surface area contributed by atoms with Crippen LogP contribution in [0.2, 0.25) is 5.02 Å². The van der Waals surface area contributed by atoms with Crippen LogP contribution in [0, 0.1) is 17.2 Å². The van der Waals surface area contributed by atoms with E-state index in [1.54, 1.807) is 12.1 Å². The van der Waals surface area contributed by atoms with Gasteiger partial charge in [-0.05, 0) is 12.1 Å². The standard InChI is InChI=1S/C13H11ClN2O4/c1-19-12(17)8(6-15)7-16-10-5-3-4-9(11(10)14)13(18)20-2/h3-5,7-8H,1-2H3. The summed E-state index contributed by atoms with van der Waals surface area (Å²) in [4.78, 5) is 26.6. The number of aliphatic imine (C=N–C) groups is 1. The molecule has 1 atom stereocenters. The predicted octanol–water partition coefficient (Wildman–Crippen LogP) is 2.14. The molecule has 6 nitrogen and oxygen atoms in total. The number of benzene rings is 1. The Kier molecular flexibility index (Phi) is 5.69. The molecule has 0 aliphatic rings. The molecule has 0 fully saturated rings. The third-order valence-corrected chi connectivity index (χ3v) is 2.74. The second kappa shape index (κ2) is 7.26. The van der Waals surface area contributed by atoms with E-state index >= 15 is 0 Å². The molecule has 7 heteroatoms. The smallest absolute Gasteiger partial charge is 0.339 e. The fourth-order valence-electron chi connectivity index (χ4n) is 1.32. The lowest BCUT2D eigenvalue weighted by molar-refractivity contribution is -0.141. The third kappa shape index (κ3) is 3.56. The van der Waals surface area contributed by atoms with Crippen LogP contribution in [-0.4, -0.2) is 32.4 Å². The van der Waals surface area contributed by atoms with Crippen LogP contribution < -0.4 is 0 Å². The fourth-order valence-corrected chi connectivity index (χ4v) is 1.57. The summed E-state index contributed by atoms with van der Waals surface area (Å²) in [5.74, 6) is -2.47. The maximum atomic E-state index is 11.5. The van der Waals surface area contributed by atoms with Crippen molar-refractivity contribution in [2.45, 2.75) is 0 Å². The van der Waals surface area contributed by atoms with Crippen LogP contribution in [0.15, 0.2) is 23.2 Å². The van der Waals surface area contributed by atoms with Crippen molar-refractivity contribution >= 4 is 35.4 Å². The number of carbonyl (C=O) groups is 2. The molecule has 0 N–H and O–H groups in total. The summed E-state index contributed by atoms with van der Waals surface area (Å²) >= 11 is 6.01. The Hall–Kier alpha value is -2.39. The van der Waals surface area contributed by atoms with Crippen molar-refractivity contribution in [1.29, 1.82) is 5.26 Å². The highest BCUT2D eigenvalue weighted by atomic mass is 35.5. The molecule has 0 aliphatic heterocycles. The summed E-state index contributed by atoms with van der Waals surface area (Å²) in [6.07, 6.45) is 1.11. The second-order valence-electron chi connectivity index (χ2n) is 3.54. The summed E-state index contributed by atoms with van der Waals surface area (Å²) in [7, 11) is 2.41. The van der Waals surface area contributed by atoms with Gasteiger partial charge < -0.3 is 9.47 Å². The zero-order valence-corrected chi connectivity index (χ0v) is 11.5. The highest BCUT2D eigenvalue weighted by Crippen LogP contribution is 2.28. The summed E-state index contributed by atoms with van der Waals surface area (Å²) in [6, 6.07) is 6.31. The molecule has 0 heterocycles. The lowest BCUT2D eigenvalue weighted by Gasteiger charge is -2.05. The number of nitrogens with zero attached hydrogens (tertiary/aromatic N) is 2. The first-order valence-corrected chi connectivity index (χ1v) is 5.81. The first-order valence-electron chi connectivity index (χ1n) is 5.43. The first-order chi connectivity index (χ1) is 9.54. The predicted molar refractivity (Wildman–Crippen MR) is 72.1 cm³/mol. The fraction of sp³-hybridized carbons (Fsp3) is 0.231. The van der Waals surface area contributed by atoms with Gasteiger partial charge >= 0.3 is 11.9 Å². The number of ether oxygens (including phenoxy) is 2. The van der Waals surface area contributed by atoms with Crippen molar-refractivity contribution in [3.05, 3.63) is 28.8 Å². The largest absolute Gasteiger partial charge is 0.468 e. The summed E-state index contributed by atoms with van der Waals surface area (Å²) < 4.78 is 9.01. The Balaban J connectivity index is 3.07. The van der Waals surface area contributed by atoms with Crippen molar-refractivity contribution < 1.29 is 19.1 Å². The molecule has 1 aromatic carbocycles. The van der Waals surface area contributed by atoms with Crippen molar-refractivity contribution in [2.24, 2.45) is 10.9 Å². The van der Waals surface area contributed by atoms with Crippen LogP contribution in [0.5, 0.6) is 0 Å². The number of rotatable bonds is 4. The van der Waals surface area contributed by atoms with Gasteiger partial charge in [-0.25, -0.2) is 4.79 Å². The minimum atomic E-state index is -1.14. The van der Waals surface area contributed by atoms with Gasteiger partial charge in [0.05, 0.1) is 36.6 Å². The highest BCUT2D eigenvalue weighted by molar-refractivity contribution is 6.36. The number of methoxy groups -OCH3 is 2. The molecule has 0 aliphatic carbocycles. The van der Waals surface area contributed by atoms with Gasteiger partial charge in [-0.2, -0.15) is 5.26 Å². The average Bonchev–Trinajstić information content (AvgIpc) is 2.48. The molecule has 0 amide bonds. The average molecular weight is 295 g/mol. The van der Waals surface area contributed by atoms with Crippen LogP contribution >= 0.6 is 11.6 Å². The van der Waals surface area contributed by atoms with Crippen LogP contribution in [0.3, 0.4) is 0 Å². The van der Waals surface area contributed by atoms with E-state index in [2.05, 4.69) is 14.5 Å². The molecule has 104 valence electrons. The lowest BCUT2D eigenvalue weighted by atomic mass is 10.2. The maximum Gasteiger partial charge on any atom is 0.339 e. The van der Waals surface area contributed by atoms with Gasteiger partial charge in [0.25, 0.3) is 0 Å². The SMILES string of the molecule is COC(=O)c1cccc(N=CC(C#N)C(=O)OC)c1Cl. The first kappa shape index (κ1) is 15.7. The van der Waals surface area contributed by atoms with Gasteiger partial charge in [-0.1, -0.05) is 17.7 Å². The van der Waals surface area contributed by atoms with Crippen molar-refractivity contribution in [2.75, 3.05) is 14.2 Å². The Morgan fingerprint density at radius 3 is 2.65 bits per heavy atom. The van der Waals surface area contributed by atoms with E-state index in [1.165, 1.54) is 26.4 Å². The van der Waals surface area contributed by atoms with Crippen molar-refractivity contribution in [3.8, 4) is 6.07 Å². The van der Waals surface area contributed by atoms with E-state index in [-0.39, 0.29) is 16.3 Å². The normalized spacial score (nSPS) is 11.7. The molecule has 1 rings (SSSR count). The number of hydrogen-bond acceptors (Lipinski definition) is 6. The molecule has 0 radical (unpaired) electrons. The van der Waals surface area contributed by atoms with Gasteiger partial charge in [0.2, 0.25) is 0 Å². The van der Waals surface area contributed by atoms with Crippen molar-refractivity contribution in [1.82, 2.24) is 0 Å². The Morgan fingerprint density at radius 1 is 1.40 bits per heavy atom. The zero-order chi connectivity index (χ0) is 15.1. The molecule has 0 bridgehead atoms. The molecular weight excluding hydrogens is 284 g/mol. The Bertz CT molecular complexity index is 593. The molecule has 1 aromatic rings. The van der Waals surface area contributed by atoms with Gasteiger partial charge in [-0.3, -0.25) is 9.79 Å². The topological polar surface area (TPSA) is 88.8 Å². The zero-order valence-electron chi connectivity index (χ0n) is 10.8. The molecule has 1 unspecified atom stereocenters.